The Hall–Kier alpha value is -0.320. The largest absolute Gasteiger partial charge is 0.394 e. The van der Waals surface area contributed by atoms with E-state index >= 15 is 0 Å². The molecule has 0 radical (unpaired) electrons. The molecular weight excluding hydrogens is 308 g/mol. The van der Waals surface area contributed by atoms with Gasteiger partial charge in [-0.1, -0.05) is 0 Å². The fourth-order valence-corrected chi connectivity index (χ4v) is 3.44. The molecule has 7 atom stereocenters. The Morgan fingerprint density at radius 2 is 1.43 bits per heavy atom. The molecule has 0 aliphatic carbocycles. The SMILES string of the molecule is CC1(C)O[C@@H]2[C@H](O1)[C@H]1OC(C)(C)O[C@H]1O[C@@H]2[C@H](O)C[C@@H](O)CO. The molecule has 8 heteroatoms. The van der Waals surface area contributed by atoms with Gasteiger partial charge in [0.05, 0.1) is 18.8 Å². The lowest BCUT2D eigenvalue weighted by atomic mass is 9.93. The predicted molar refractivity (Wildman–Crippen MR) is 76.2 cm³/mol. The quantitative estimate of drug-likeness (QED) is 0.631. The lowest BCUT2D eigenvalue weighted by Gasteiger charge is -2.39. The molecule has 3 rings (SSSR count). The van der Waals surface area contributed by atoms with E-state index in [9.17, 15) is 10.2 Å². The molecule has 0 saturated carbocycles. The Morgan fingerprint density at radius 1 is 0.870 bits per heavy atom. The van der Waals surface area contributed by atoms with E-state index in [0.29, 0.717) is 0 Å². The maximum Gasteiger partial charge on any atom is 0.190 e. The van der Waals surface area contributed by atoms with Crippen LogP contribution in [0.3, 0.4) is 0 Å². The van der Waals surface area contributed by atoms with E-state index < -0.39 is 61.1 Å². The van der Waals surface area contributed by atoms with Gasteiger partial charge < -0.3 is 39.0 Å². The fraction of sp³-hybridized carbons (Fsp3) is 1.00. The molecule has 0 spiro atoms. The number of rotatable bonds is 4. The molecule has 3 heterocycles. The number of fused-ring (bicyclic) bond motifs is 3. The molecule has 8 nitrogen and oxygen atoms in total. The molecule has 3 aliphatic rings. The first-order valence-corrected chi connectivity index (χ1v) is 7.95. The standard InChI is InChI=1S/C15H26O8/c1-14(2)20-10-9(8(18)5-7(17)6-16)19-13-12(11(10)21-14)22-15(3,4)23-13/h7-13,16-18H,5-6H2,1-4H3/t7-,8-,9-,10+,11+,12-,13-/m1/s1. The molecule has 134 valence electrons. The summed E-state index contributed by atoms with van der Waals surface area (Å²) in [6.45, 7) is 6.71. The van der Waals surface area contributed by atoms with Gasteiger partial charge in [-0.3, -0.25) is 0 Å². The van der Waals surface area contributed by atoms with Gasteiger partial charge in [-0.15, -0.1) is 0 Å². The van der Waals surface area contributed by atoms with E-state index in [1.165, 1.54) is 0 Å². The average molecular weight is 334 g/mol. The molecular formula is C15H26O8. The van der Waals surface area contributed by atoms with Crippen molar-refractivity contribution in [3.05, 3.63) is 0 Å². The first-order valence-electron chi connectivity index (χ1n) is 7.95. The summed E-state index contributed by atoms with van der Waals surface area (Å²) in [5, 5.41) is 29.0. The normalized spacial score (nSPS) is 43.7. The van der Waals surface area contributed by atoms with E-state index in [1.54, 1.807) is 27.7 Å². The molecule has 0 aromatic carbocycles. The number of hydrogen-bond donors (Lipinski definition) is 3. The maximum absolute atomic E-state index is 10.4. The van der Waals surface area contributed by atoms with Gasteiger partial charge >= 0.3 is 0 Å². The van der Waals surface area contributed by atoms with E-state index in [2.05, 4.69) is 0 Å². The topological polar surface area (TPSA) is 107 Å². The highest BCUT2D eigenvalue weighted by Crippen LogP contribution is 2.44. The highest BCUT2D eigenvalue weighted by atomic mass is 16.9. The van der Waals surface area contributed by atoms with Crippen LogP contribution in [0.5, 0.6) is 0 Å². The van der Waals surface area contributed by atoms with E-state index in [0.717, 1.165) is 0 Å². The molecule has 0 amide bonds. The van der Waals surface area contributed by atoms with Crippen molar-refractivity contribution in [1.82, 2.24) is 0 Å². The minimum atomic E-state index is -1.03. The Labute approximate surface area is 135 Å². The molecule has 0 aromatic rings. The third-order valence-corrected chi connectivity index (χ3v) is 4.29. The zero-order chi connectivity index (χ0) is 17.0. The molecule has 0 unspecified atom stereocenters. The minimum Gasteiger partial charge on any atom is -0.394 e. The second-order valence-electron chi connectivity index (χ2n) is 7.27. The highest BCUT2D eigenvalue weighted by Gasteiger charge is 2.61. The Balaban J connectivity index is 1.81. The summed E-state index contributed by atoms with van der Waals surface area (Å²) in [4.78, 5) is 0. The molecule has 3 N–H and O–H groups in total. The molecule has 0 bridgehead atoms. The summed E-state index contributed by atoms with van der Waals surface area (Å²) in [7, 11) is 0. The van der Waals surface area contributed by atoms with E-state index in [-0.39, 0.29) is 6.42 Å². The van der Waals surface area contributed by atoms with Gasteiger partial charge in [0.2, 0.25) is 0 Å². The van der Waals surface area contributed by atoms with Crippen molar-refractivity contribution >= 4 is 0 Å². The molecule has 3 aliphatic heterocycles. The second kappa shape index (κ2) is 5.89. The maximum atomic E-state index is 10.4. The van der Waals surface area contributed by atoms with Crippen molar-refractivity contribution in [2.24, 2.45) is 0 Å². The van der Waals surface area contributed by atoms with Gasteiger partial charge in [0.25, 0.3) is 0 Å². The minimum absolute atomic E-state index is 0.0319. The fourth-order valence-electron chi connectivity index (χ4n) is 3.44. The Bertz CT molecular complexity index is 439. The second-order valence-corrected chi connectivity index (χ2v) is 7.27. The number of aliphatic hydroxyl groups excluding tert-OH is 3. The summed E-state index contributed by atoms with van der Waals surface area (Å²) in [6.07, 6.45) is -4.98. The Kier molecular flexibility index (Phi) is 4.48. The smallest absolute Gasteiger partial charge is 0.190 e. The van der Waals surface area contributed by atoms with Crippen LogP contribution in [0.1, 0.15) is 34.1 Å². The van der Waals surface area contributed by atoms with Crippen molar-refractivity contribution in [2.75, 3.05) is 6.61 Å². The third-order valence-electron chi connectivity index (χ3n) is 4.29. The van der Waals surface area contributed by atoms with Crippen molar-refractivity contribution in [1.29, 1.82) is 0 Å². The predicted octanol–water partition coefficient (Wildman–Crippen LogP) is -0.513. The van der Waals surface area contributed by atoms with Crippen LogP contribution >= 0.6 is 0 Å². The van der Waals surface area contributed by atoms with Crippen LogP contribution in [-0.4, -0.2) is 76.4 Å². The average Bonchev–Trinajstić information content (AvgIpc) is 2.91. The van der Waals surface area contributed by atoms with E-state index in [4.69, 9.17) is 28.8 Å². The van der Waals surface area contributed by atoms with Gasteiger partial charge in [-0.05, 0) is 27.7 Å². The van der Waals surface area contributed by atoms with Gasteiger partial charge in [-0.25, -0.2) is 0 Å². The molecule has 3 saturated heterocycles. The third kappa shape index (κ3) is 3.40. The van der Waals surface area contributed by atoms with Gasteiger partial charge in [0.15, 0.2) is 17.9 Å². The first kappa shape index (κ1) is 17.5. The summed E-state index contributed by atoms with van der Waals surface area (Å²) in [5.74, 6) is -1.66. The van der Waals surface area contributed by atoms with Crippen molar-refractivity contribution in [2.45, 2.75) is 88.6 Å². The molecule has 23 heavy (non-hydrogen) atoms. The molecule has 0 aromatic heterocycles. The van der Waals surface area contributed by atoms with Crippen LogP contribution in [0.4, 0.5) is 0 Å². The highest BCUT2D eigenvalue weighted by molar-refractivity contribution is 5.02. The van der Waals surface area contributed by atoms with Gasteiger partial charge in [-0.2, -0.15) is 0 Å². The summed E-state index contributed by atoms with van der Waals surface area (Å²) >= 11 is 0. The summed E-state index contributed by atoms with van der Waals surface area (Å²) in [6, 6.07) is 0. The monoisotopic (exact) mass is 334 g/mol. The van der Waals surface area contributed by atoms with Crippen LogP contribution in [-0.2, 0) is 23.7 Å². The lowest BCUT2D eigenvalue weighted by Crippen LogP contribution is -2.58. The van der Waals surface area contributed by atoms with Crippen molar-refractivity contribution in [3.63, 3.8) is 0 Å². The zero-order valence-corrected chi connectivity index (χ0v) is 13.8. The Morgan fingerprint density at radius 3 is 2.09 bits per heavy atom. The van der Waals surface area contributed by atoms with Crippen LogP contribution in [0, 0.1) is 0 Å². The number of aliphatic hydroxyl groups is 3. The lowest BCUT2D eigenvalue weighted by molar-refractivity contribution is -0.254. The van der Waals surface area contributed by atoms with Crippen molar-refractivity contribution in [3.8, 4) is 0 Å². The van der Waals surface area contributed by atoms with Crippen molar-refractivity contribution < 1.29 is 39.0 Å². The van der Waals surface area contributed by atoms with E-state index in [1.807, 2.05) is 0 Å². The van der Waals surface area contributed by atoms with Gasteiger partial charge in [0.1, 0.15) is 24.4 Å². The zero-order valence-electron chi connectivity index (χ0n) is 13.8. The van der Waals surface area contributed by atoms with Gasteiger partial charge in [0, 0.05) is 6.42 Å². The summed E-state index contributed by atoms with van der Waals surface area (Å²) in [5.41, 5.74) is 0. The van der Waals surface area contributed by atoms with Crippen LogP contribution in [0.2, 0.25) is 0 Å². The van der Waals surface area contributed by atoms with Crippen LogP contribution in [0.15, 0.2) is 0 Å². The first-order chi connectivity index (χ1) is 10.6. The number of hydrogen-bond acceptors (Lipinski definition) is 8. The molecule has 3 fully saturated rings. The van der Waals surface area contributed by atoms with Crippen LogP contribution < -0.4 is 0 Å². The summed E-state index contributed by atoms with van der Waals surface area (Å²) < 4.78 is 29.3. The van der Waals surface area contributed by atoms with Crippen LogP contribution in [0.25, 0.3) is 0 Å². The number of ether oxygens (including phenoxy) is 5.